The summed E-state index contributed by atoms with van der Waals surface area (Å²) in [5.41, 5.74) is -0.661. The second-order valence-electron chi connectivity index (χ2n) is 5.79. The fraction of sp³-hybridized carbons (Fsp3) is 0.929. The van der Waals surface area contributed by atoms with Crippen LogP contribution in [-0.4, -0.2) is 30.3 Å². The Morgan fingerprint density at radius 1 is 1.11 bits per heavy atom. The first-order valence-corrected chi connectivity index (χ1v) is 7.00. The highest BCUT2D eigenvalue weighted by Crippen LogP contribution is 2.16. The van der Waals surface area contributed by atoms with E-state index in [-0.39, 0.29) is 11.6 Å². The lowest BCUT2D eigenvalue weighted by Gasteiger charge is -2.34. The Kier molecular flexibility index (Phi) is 7.29. The first-order chi connectivity index (χ1) is 8.28. The van der Waals surface area contributed by atoms with Crippen molar-refractivity contribution in [2.24, 2.45) is 0 Å². The molecule has 0 rings (SSSR count). The third-order valence-electron chi connectivity index (χ3n) is 3.01. The highest BCUT2D eigenvalue weighted by molar-refractivity contribution is 5.68. The van der Waals surface area contributed by atoms with E-state index in [4.69, 9.17) is 4.74 Å². The number of rotatable bonds is 7. The second kappa shape index (κ2) is 7.62. The number of alkyl carbamates (subject to hydrolysis) is 1. The molecule has 0 saturated carbocycles. The zero-order valence-electron chi connectivity index (χ0n) is 12.9. The van der Waals surface area contributed by atoms with Gasteiger partial charge >= 0.3 is 6.09 Å². The Hall–Kier alpha value is -0.770. The van der Waals surface area contributed by atoms with Crippen LogP contribution < -0.4 is 10.6 Å². The Bertz CT molecular complexity index is 243. The minimum absolute atomic E-state index is 0.211. The molecule has 0 aromatic heterocycles. The van der Waals surface area contributed by atoms with E-state index < -0.39 is 5.60 Å². The molecular formula is C14H30N2O2. The molecule has 0 saturated heterocycles. The zero-order valence-corrected chi connectivity index (χ0v) is 12.9. The smallest absolute Gasteiger partial charge is 0.408 e. The van der Waals surface area contributed by atoms with Gasteiger partial charge in [-0.05, 0) is 46.6 Å². The SMILES string of the molecule is CCCNCC(CC)(CC)NC(=O)OC(C)(C)C. The Morgan fingerprint density at radius 3 is 2.06 bits per heavy atom. The molecule has 0 spiro atoms. The highest BCUT2D eigenvalue weighted by Gasteiger charge is 2.29. The van der Waals surface area contributed by atoms with Gasteiger partial charge in [-0.2, -0.15) is 0 Å². The van der Waals surface area contributed by atoms with Crippen LogP contribution >= 0.6 is 0 Å². The molecule has 1 amide bonds. The second-order valence-corrected chi connectivity index (χ2v) is 5.79. The number of carbonyl (C=O) groups excluding carboxylic acids is 1. The number of amides is 1. The zero-order chi connectivity index (χ0) is 14.2. The molecule has 2 N–H and O–H groups in total. The summed E-state index contributed by atoms with van der Waals surface area (Å²) >= 11 is 0. The Balaban J connectivity index is 4.45. The van der Waals surface area contributed by atoms with Crippen LogP contribution in [0, 0.1) is 0 Å². The van der Waals surface area contributed by atoms with Crippen LogP contribution in [-0.2, 0) is 4.74 Å². The molecule has 0 radical (unpaired) electrons. The molecule has 0 aliphatic carbocycles. The fourth-order valence-electron chi connectivity index (χ4n) is 1.75. The van der Waals surface area contributed by atoms with Gasteiger partial charge in [-0.15, -0.1) is 0 Å². The van der Waals surface area contributed by atoms with E-state index in [1.165, 1.54) is 0 Å². The summed E-state index contributed by atoms with van der Waals surface area (Å²) in [4.78, 5) is 11.9. The van der Waals surface area contributed by atoms with Gasteiger partial charge in [-0.25, -0.2) is 4.79 Å². The van der Waals surface area contributed by atoms with Crippen molar-refractivity contribution < 1.29 is 9.53 Å². The van der Waals surface area contributed by atoms with Gasteiger partial charge in [-0.3, -0.25) is 0 Å². The summed E-state index contributed by atoms with van der Waals surface area (Å²) in [5.74, 6) is 0. The molecule has 4 heteroatoms. The monoisotopic (exact) mass is 258 g/mol. The number of hydrogen-bond donors (Lipinski definition) is 2. The third-order valence-corrected chi connectivity index (χ3v) is 3.01. The Morgan fingerprint density at radius 2 is 1.67 bits per heavy atom. The van der Waals surface area contributed by atoms with E-state index in [0.717, 1.165) is 32.4 Å². The average Bonchev–Trinajstić information content (AvgIpc) is 2.25. The quantitative estimate of drug-likeness (QED) is 0.690. The number of nitrogens with one attached hydrogen (secondary N) is 2. The summed E-state index contributed by atoms with van der Waals surface area (Å²) in [6.45, 7) is 13.7. The summed E-state index contributed by atoms with van der Waals surface area (Å²) in [6.07, 6.45) is 2.54. The van der Waals surface area contributed by atoms with Gasteiger partial charge < -0.3 is 15.4 Å². The van der Waals surface area contributed by atoms with Crippen molar-refractivity contribution in [2.75, 3.05) is 13.1 Å². The molecular weight excluding hydrogens is 228 g/mol. The summed E-state index contributed by atoms with van der Waals surface area (Å²) in [5, 5.41) is 6.40. The molecule has 0 aromatic rings. The maximum atomic E-state index is 11.9. The first-order valence-electron chi connectivity index (χ1n) is 7.00. The van der Waals surface area contributed by atoms with Crippen molar-refractivity contribution in [2.45, 2.75) is 71.9 Å². The van der Waals surface area contributed by atoms with Crippen molar-refractivity contribution in [3.05, 3.63) is 0 Å². The van der Waals surface area contributed by atoms with Crippen molar-refractivity contribution in [3.8, 4) is 0 Å². The molecule has 108 valence electrons. The lowest BCUT2D eigenvalue weighted by Crippen LogP contribution is -2.55. The molecule has 0 aliphatic heterocycles. The van der Waals surface area contributed by atoms with Gasteiger partial charge in [0.15, 0.2) is 0 Å². The van der Waals surface area contributed by atoms with Crippen LogP contribution in [0.5, 0.6) is 0 Å². The highest BCUT2D eigenvalue weighted by atomic mass is 16.6. The average molecular weight is 258 g/mol. The van der Waals surface area contributed by atoms with Gasteiger partial charge in [0.2, 0.25) is 0 Å². The molecule has 0 unspecified atom stereocenters. The van der Waals surface area contributed by atoms with Crippen LogP contribution in [0.1, 0.15) is 60.8 Å². The predicted molar refractivity (Wildman–Crippen MR) is 75.8 cm³/mol. The lowest BCUT2D eigenvalue weighted by atomic mass is 9.93. The van der Waals surface area contributed by atoms with E-state index in [1.807, 2.05) is 20.8 Å². The fourth-order valence-corrected chi connectivity index (χ4v) is 1.75. The molecule has 18 heavy (non-hydrogen) atoms. The van der Waals surface area contributed by atoms with Crippen LogP contribution in [0.25, 0.3) is 0 Å². The minimum Gasteiger partial charge on any atom is -0.444 e. The summed E-state index contributed by atoms with van der Waals surface area (Å²) in [7, 11) is 0. The summed E-state index contributed by atoms with van der Waals surface area (Å²) < 4.78 is 5.33. The molecule has 0 atom stereocenters. The summed E-state index contributed by atoms with van der Waals surface area (Å²) in [6, 6.07) is 0. The first kappa shape index (κ1) is 17.2. The molecule has 0 heterocycles. The topological polar surface area (TPSA) is 50.4 Å². The lowest BCUT2D eigenvalue weighted by molar-refractivity contribution is 0.0446. The van der Waals surface area contributed by atoms with Crippen molar-refractivity contribution >= 4 is 6.09 Å². The van der Waals surface area contributed by atoms with Gasteiger partial charge in [-0.1, -0.05) is 20.8 Å². The van der Waals surface area contributed by atoms with Gasteiger partial charge in [0.1, 0.15) is 5.60 Å². The minimum atomic E-state index is -0.450. The van der Waals surface area contributed by atoms with Crippen LogP contribution in [0.15, 0.2) is 0 Å². The van der Waals surface area contributed by atoms with Crippen LogP contribution in [0.2, 0.25) is 0 Å². The number of ether oxygens (including phenoxy) is 1. The van der Waals surface area contributed by atoms with Gasteiger partial charge in [0.25, 0.3) is 0 Å². The largest absolute Gasteiger partial charge is 0.444 e. The predicted octanol–water partition coefficient (Wildman–Crippen LogP) is 3.07. The number of hydrogen-bond acceptors (Lipinski definition) is 3. The normalized spacial score (nSPS) is 12.3. The number of carbonyl (C=O) groups is 1. The molecule has 0 bridgehead atoms. The molecule has 0 aliphatic rings. The maximum Gasteiger partial charge on any atom is 0.408 e. The van der Waals surface area contributed by atoms with E-state index in [2.05, 4.69) is 31.4 Å². The standard InChI is InChI=1S/C14H30N2O2/c1-7-10-15-11-14(8-2,9-3)16-12(17)18-13(4,5)6/h15H,7-11H2,1-6H3,(H,16,17). The Labute approximate surface area is 112 Å². The van der Waals surface area contributed by atoms with Crippen molar-refractivity contribution in [1.29, 1.82) is 0 Å². The van der Waals surface area contributed by atoms with Crippen molar-refractivity contribution in [3.63, 3.8) is 0 Å². The van der Waals surface area contributed by atoms with E-state index >= 15 is 0 Å². The van der Waals surface area contributed by atoms with Gasteiger partial charge in [0.05, 0.1) is 5.54 Å². The molecule has 0 fully saturated rings. The van der Waals surface area contributed by atoms with Gasteiger partial charge in [0, 0.05) is 6.54 Å². The molecule has 4 nitrogen and oxygen atoms in total. The molecule has 0 aromatic carbocycles. The van der Waals surface area contributed by atoms with Crippen LogP contribution in [0.3, 0.4) is 0 Å². The van der Waals surface area contributed by atoms with Crippen molar-refractivity contribution in [1.82, 2.24) is 10.6 Å². The maximum absolute atomic E-state index is 11.9. The van der Waals surface area contributed by atoms with E-state index in [9.17, 15) is 4.79 Å². The van der Waals surface area contributed by atoms with Crippen LogP contribution in [0.4, 0.5) is 4.79 Å². The third kappa shape index (κ3) is 6.84. The van der Waals surface area contributed by atoms with E-state index in [0.29, 0.717) is 0 Å². The van der Waals surface area contributed by atoms with E-state index in [1.54, 1.807) is 0 Å².